The number of aliphatic hydroxyl groups excluding tert-OH is 5. The fraction of sp³-hybridized carbons (Fsp3) is 0.661. The molecule has 1 rings (SSSR count). The van der Waals surface area contributed by atoms with E-state index in [1.54, 1.807) is 0 Å². The number of carbonyl (C=O) groups excluding carboxylic acids is 1. The van der Waals surface area contributed by atoms with Crippen LogP contribution in [-0.4, -0.2) is 87.5 Å². The summed E-state index contributed by atoms with van der Waals surface area (Å²) in [7, 11) is 0. The molecule has 0 radical (unpaired) electrons. The third kappa shape index (κ3) is 34.8. The second-order valence-electron chi connectivity index (χ2n) is 17.2. The number of hydrogen-bond acceptors (Lipinski definition) is 8. The van der Waals surface area contributed by atoms with Gasteiger partial charge in [-0.1, -0.05) is 200 Å². The highest BCUT2D eigenvalue weighted by atomic mass is 16.7. The van der Waals surface area contributed by atoms with Crippen LogP contribution in [0, 0.1) is 0 Å². The zero-order valence-electron chi connectivity index (χ0n) is 40.7. The van der Waals surface area contributed by atoms with Gasteiger partial charge in [0.1, 0.15) is 24.4 Å². The van der Waals surface area contributed by atoms with E-state index in [1.807, 2.05) is 0 Å². The molecular formula is C56H93NO8. The summed E-state index contributed by atoms with van der Waals surface area (Å²) in [6.45, 7) is 3.64. The predicted octanol–water partition coefficient (Wildman–Crippen LogP) is 11.8. The molecule has 0 aromatic heterocycles. The van der Waals surface area contributed by atoms with E-state index in [-0.39, 0.29) is 12.5 Å². The topological polar surface area (TPSA) is 149 Å². The number of hydrogen-bond donors (Lipinski definition) is 6. The van der Waals surface area contributed by atoms with Crippen molar-refractivity contribution in [3.63, 3.8) is 0 Å². The Hall–Kier alpha value is -3.15. The van der Waals surface area contributed by atoms with Gasteiger partial charge in [0.2, 0.25) is 5.91 Å². The Labute approximate surface area is 396 Å². The largest absolute Gasteiger partial charge is 0.394 e. The van der Waals surface area contributed by atoms with Crippen LogP contribution in [0.5, 0.6) is 0 Å². The van der Waals surface area contributed by atoms with Gasteiger partial charge in [-0.15, -0.1) is 0 Å². The van der Waals surface area contributed by atoms with Gasteiger partial charge >= 0.3 is 0 Å². The molecule has 1 heterocycles. The SMILES string of the molecule is CC/C=C\C/C=C\C/C=C\C/C=C\C/C=C\C/C=C\C/C=C\C/C=C\C/C=C\CCCCCCCCCC(=O)NC(COC1OC(CO)C(O)C(O)C1O)C(O)CCCCCCCCC. The molecule has 1 saturated heterocycles. The average Bonchev–Trinajstić information content (AvgIpc) is 3.31. The summed E-state index contributed by atoms with van der Waals surface area (Å²) >= 11 is 0. The molecular weight excluding hydrogens is 815 g/mol. The maximum Gasteiger partial charge on any atom is 0.220 e. The summed E-state index contributed by atoms with van der Waals surface area (Å²) < 4.78 is 11.2. The van der Waals surface area contributed by atoms with Crippen LogP contribution in [0.2, 0.25) is 0 Å². The van der Waals surface area contributed by atoms with Gasteiger partial charge < -0.3 is 40.3 Å². The Morgan fingerprint density at radius 2 is 0.954 bits per heavy atom. The van der Waals surface area contributed by atoms with E-state index < -0.39 is 49.5 Å². The number of nitrogens with one attached hydrogen (secondary N) is 1. The molecule has 1 aliphatic heterocycles. The van der Waals surface area contributed by atoms with Crippen molar-refractivity contribution >= 4 is 5.91 Å². The number of carbonyl (C=O) groups is 1. The number of unbranched alkanes of at least 4 members (excludes halogenated alkanes) is 13. The molecule has 0 aromatic rings. The average molecular weight is 908 g/mol. The molecule has 9 nitrogen and oxygen atoms in total. The molecule has 0 bridgehead atoms. The Balaban J connectivity index is 2.14. The zero-order valence-corrected chi connectivity index (χ0v) is 40.7. The van der Waals surface area contributed by atoms with Crippen LogP contribution in [0.4, 0.5) is 0 Å². The second kappa shape index (κ2) is 44.7. The molecule has 9 heteroatoms. The van der Waals surface area contributed by atoms with Crippen LogP contribution in [0.15, 0.2) is 109 Å². The molecule has 1 amide bonds. The third-order valence-electron chi connectivity index (χ3n) is 11.4. The van der Waals surface area contributed by atoms with Gasteiger partial charge in [0.05, 0.1) is 25.4 Å². The third-order valence-corrected chi connectivity index (χ3v) is 11.4. The van der Waals surface area contributed by atoms with Crippen LogP contribution >= 0.6 is 0 Å². The molecule has 370 valence electrons. The number of rotatable bonds is 41. The van der Waals surface area contributed by atoms with Crippen LogP contribution in [0.1, 0.15) is 181 Å². The van der Waals surface area contributed by atoms with E-state index >= 15 is 0 Å². The Morgan fingerprint density at radius 3 is 1.42 bits per heavy atom. The molecule has 0 spiro atoms. The first-order valence-electron chi connectivity index (χ1n) is 25.6. The lowest BCUT2D eigenvalue weighted by atomic mass is 9.99. The highest BCUT2D eigenvalue weighted by molar-refractivity contribution is 5.76. The number of allylic oxidation sites excluding steroid dienone is 18. The summed E-state index contributed by atoms with van der Waals surface area (Å²) in [4.78, 5) is 12.9. The zero-order chi connectivity index (χ0) is 47.3. The van der Waals surface area contributed by atoms with Crippen molar-refractivity contribution in [2.45, 2.75) is 224 Å². The summed E-state index contributed by atoms with van der Waals surface area (Å²) in [6.07, 6.45) is 58.5. The van der Waals surface area contributed by atoms with Gasteiger partial charge in [-0.05, 0) is 83.5 Å². The number of aliphatic hydroxyl groups is 5. The van der Waals surface area contributed by atoms with Crippen LogP contribution in [-0.2, 0) is 14.3 Å². The van der Waals surface area contributed by atoms with E-state index in [9.17, 15) is 30.3 Å². The van der Waals surface area contributed by atoms with Crippen LogP contribution in [0.25, 0.3) is 0 Å². The van der Waals surface area contributed by atoms with E-state index in [0.29, 0.717) is 12.8 Å². The molecule has 0 aromatic carbocycles. The maximum absolute atomic E-state index is 12.9. The first kappa shape index (κ1) is 59.9. The summed E-state index contributed by atoms with van der Waals surface area (Å²) in [5, 5.41) is 54.1. The Bertz CT molecular complexity index is 1380. The number of ether oxygens (including phenoxy) is 2. The van der Waals surface area contributed by atoms with Crippen molar-refractivity contribution in [1.29, 1.82) is 0 Å². The van der Waals surface area contributed by atoms with Crippen LogP contribution < -0.4 is 5.32 Å². The molecule has 1 fully saturated rings. The summed E-state index contributed by atoms with van der Waals surface area (Å²) in [6, 6.07) is -0.729. The van der Waals surface area contributed by atoms with Crippen molar-refractivity contribution in [1.82, 2.24) is 5.32 Å². The minimum Gasteiger partial charge on any atom is -0.394 e. The lowest BCUT2D eigenvalue weighted by Gasteiger charge is -2.40. The maximum atomic E-state index is 12.9. The van der Waals surface area contributed by atoms with Crippen molar-refractivity contribution in [3.8, 4) is 0 Å². The second-order valence-corrected chi connectivity index (χ2v) is 17.2. The summed E-state index contributed by atoms with van der Waals surface area (Å²) in [5.74, 6) is -0.166. The molecule has 6 N–H and O–H groups in total. The van der Waals surface area contributed by atoms with E-state index in [1.165, 1.54) is 44.9 Å². The normalized spacial score (nSPS) is 20.9. The predicted molar refractivity (Wildman–Crippen MR) is 271 cm³/mol. The van der Waals surface area contributed by atoms with E-state index in [2.05, 4.69) is 129 Å². The van der Waals surface area contributed by atoms with Crippen molar-refractivity contribution in [3.05, 3.63) is 109 Å². The van der Waals surface area contributed by atoms with Crippen LogP contribution in [0.3, 0.4) is 0 Å². The van der Waals surface area contributed by atoms with Gasteiger partial charge in [0.25, 0.3) is 0 Å². The highest BCUT2D eigenvalue weighted by Gasteiger charge is 2.44. The number of amides is 1. The first-order chi connectivity index (χ1) is 31.8. The standard InChI is InChI=1S/C56H93NO8/c1-3-5-7-9-11-12-13-14-15-16-17-18-19-20-21-22-23-24-25-26-27-28-29-30-31-32-33-34-35-36-37-38-40-42-44-46-52(60)57-49(50(59)45-43-41-39-10-8-6-4-2)48-64-56-55(63)54(62)53(61)51(47-58)65-56/h5,7,11-12,14-15,17-18,20-21,23-24,26-27,29-30,32-33,49-51,53-56,58-59,61-63H,3-4,6,8-10,13,16,19,22,25,28,31,34-48H2,1-2H3,(H,57,60)/b7-5-,12-11-,15-14-,18-17-,21-20-,24-23-,27-26-,30-29-,33-32-. The lowest BCUT2D eigenvalue weighted by Crippen LogP contribution is -2.60. The molecule has 1 aliphatic rings. The van der Waals surface area contributed by atoms with Crippen molar-refractivity contribution in [2.75, 3.05) is 13.2 Å². The molecule has 7 atom stereocenters. The highest BCUT2D eigenvalue weighted by Crippen LogP contribution is 2.23. The minimum absolute atomic E-state index is 0.150. The molecule has 7 unspecified atom stereocenters. The Morgan fingerprint density at radius 1 is 0.538 bits per heavy atom. The minimum atomic E-state index is -1.56. The molecule has 0 aliphatic carbocycles. The van der Waals surface area contributed by atoms with Gasteiger partial charge in [-0.3, -0.25) is 4.79 Å². The quantitative estimate of drug-likeness (QED) is 0.0262. The van der Waals surface area contributed by atoms with E-state index in [4.69, 9.17) is 9.47 Å². The van der Waals surface area contributed by atoms with Crippen molar-refractivity contribution < 1.29 is 39.8 Å². The Kier molecular flexibility index (Phi) is 41.1. The van der Waals surface area contributed by atoms with Crippen molar-refractivity contribution in [2.24, 2.45) is 0 Å². The smallest absolute Gasteiger partial charge is 0.220 e. The fourth-order valence-corrected chi connectivity index (χ4v) is 7.33. The fourth-order valence-electron chi connectivity index (χ4n) is 7.33. The lowest BCUT2D eigenvalue weighted by molar-refractivity contribution is -0.302. The monoisotopic (exact) mass is 908 g/mol. The molecule has 65 heavy (non-hydrogen) atoms. The molecule has 0 saturated carbocycles. The van der Waals surface area contributed by atoms with Gasteiger partial charge in [-0.2, -0.15) is 0 Å². The summed E-state index contributed by atoms with van der Waals surface area (Å²) in [5.41, 5.74) is 0. The van der Waals surface area contributed by atoms with Gasteiger partial charge in [0.15, 0.2) is 6.29 Å². The first-order valence-corrected chi connectivity index (χ1v) is 25.6. The van der Waals surface area contributed by atoms with Gasteiger partial charge in [0, 0.05) is 6.42 Å². The van der Waals surface area contributed by atoms with E-state index in [0.717, 1.165) is 109 Å². The van der Waals surface area contributed by atoms with Gasteiger partial charge in [-0.25, -0.2) is 0 Å².